The first kappa shape index (κ1) is 27.8. The summed E-state index contributed by atoms with van der Waals surface area (Å²) in [6.07, 6.45) is 0. The lowest BCUT2D eigenvalue weighted by atomic mass is 9.93. The number of benzene rings is 7. The maximum Gasteiger partial charge on any atom is 0.160 e. The van der Waals surface area contributed by atoms with E-state index in [4.69, 9.17) is 15.0 Å². The summed E-state index contributed by atoms with van der Waals surface area (Å²) in [6, 6.07) is 61.4. The largest absolute Gasteiger partial charge is 0.247 e. The molecule has 3 nitrogen and oxygen atoms in total. The van der Waals surface area contributed by atoms with Gasteiger partial charge < -0.3 is 0 Å². The third-order valence-corrected chi connectivity index (χ3v) is 9.10. The van der Waals surface area contributed by atoms with Crippen molar-refractivity contribution in [3.8, 4) is 56.2 Å². The molecule has 224 valence electrons. The molecule has 0 N–H and O–H groups in total. The fraction of sp³-hybridized carbons (Fsp3) is 0. The molecule has 2 heterocycles. The number of hydrogen-bond acceptors (Lipinski definition) is 3. The van der Waals surface area contributed by atoms with Gasteiger partial charge in [-0.05, 0) is 34.4 Å². The molecule has 0 unspecified atom stereocenters. The highest BCUT2D eigenvalue weighted by atomic mass is 14.9. The third kappa shape index (κ3) is 4.90. The zero-order valence-electron chi connectivity index (χ0n) is 26.1. The maximum absolute atomic E-state index is 5.20. The first-order valence-corrected chi connectivity index (χ1v) is 16.2. The second kappa shape index (κ2) is 11.7. The van der Waals surface area contributed by atoms with Crippen LogP contribution in [-0.2, 0) is 0 Å². The van der Waals surface area contributed by atoms with E-state index in [0.29, 0.717) is 5.82 Å². The van der Waals surface area contributed by atoms with E-state index in [-0.39, 0.29) is 0 Å². The monoisotopic (exact) mass is 611 g/mol. The average molecular weight is 612 g/mol. The third-order valence-electron chi connectivity index (χ3n) is 9.10. The Morgan fingerprint density at radius 2 is 0.750 bits per heavy atom. The molecule has 3 heteroatoms. The smallest absolute Gasteiger partial charge is 0.160 e. The van der Waals surface area contributed by atoms with Crippen LogP contribution in [0.25, 0.3) is 88.7 Å². The van der Waals surface area contributed by atoms with Crippen molar-refractivity contribution in [3.05, 3.63) is 176 Å². The Labute approximate surface area is 278 Å². The number of para-hydroxylation sites is 2. The molecule has 0 fully saturated rings. The van der Waals surface area contributed by atoms with Crippen LogP contribution < -0.4 is 0 Å². The van der Waals surface area contributed by atoms with Crippen molar-refractivity contribution >= 4 is 32.6 Å². The molecule has 0 radical (unpaired) electrons. The van der Waals surface area contributed by atoms with Crippen LogP contribution >= 0.6 is 0 Å². The van der Waals surface area contributed by atoms with Crippen LogP contribution in [0.2, 0.25) is 0 Å². The Kier molecular flexibility index (Phi) is 6.80. The zero-order chi connectivity index (χ0) is 31.9. The van der Waals surface area contributed by atoms with Crippen LogP contribution in [-0.4, -0.2) is 15.0 Å². The van der Waals surface area contributed by atoms with Crippen LogP contribution in [0.3, 0.4) is 0 Å². The minimum atomic E-state index is 0.699. The SMILES string of the molecule is c1ccc(-c2ccc(-c3nc(-c4ccc(-c5nc6ccccc6c6c(-c7ccccc7)cccc56)cc4)nc4ccccc34)cc2)cc1. The number of fused-ring (bicyclic) bond motifs is 4. The number of aromatic nitrogens is 3. The molecule has 0 spiro atoms. The van der Waals surface area contributed by atoms with Gasteiger partial charge in [0.05, 0.1) is 22.4 Å². The van der Waals surface area contributed by atoms with Crippen LogP contribution in [0.4, 0.5) is 0 Å². The molecule has 0 aliphatic heterocycles. The number of rotatable bonds is 5. The van der Waals surface area contributed by atoms with E-state index in [2.05, 4.69) is 158 Å². The van der Waals surface area contributed by atoms with Gasteiger partial charge in [-0.15, -0.1) is 0 Å². The molecule has 0 saturated heterocycles. The topological polar surface area (TPSA) is 38.7 Å². The molecular weight excluding hydrogens is 583 g/mol. The summed E-state index contributed by atoms with van der Waals surface area (Å²) in [5.41, 5.74) is 11.6. The van der Waals surface area contributed by atoms with E-state index in [1.54, 1.807) is 0 Å². The van der Waals surface area contributed by atoms with Crippen molar-refractivity contribution in [3.63, 3.8) is 0 Å². The molecule has 2 aromatic heterocycles. The minimum absolute atomic E-state index is 0.699. The molecule has 9 rings (SSSR count). The van der Waals surface area contributed by atoms with Crippen LogP contribution in [0.1, 0.15) is 0 Å². The molecule has 0 bridgehead atoms. The van der Waals surface area contributed by atoms with E-state index in [0.717, 1.165) is 55.3 Å². The molecule has 9 aromatic rings. The van der Waals surface area contributed by atoms with Crippen LogP contribution in [0.5, 0.6) is 0 Å². The fourth-order valence-electron chi connectivity index (χ4n) is 6.74. The second-order valence-corrected chi connectivity index (χ2v) is 12.0. The molecule has 7 aromatic carbocycles. The summed E-state index contributed by atoms with van der Waals surface area (Å²) >= 11 is 0. The summed E-state index contributed by atoms with van der Waals surface area (Å²) in [6.45, 7) is 0. The molecule has 0 aliphatic carbocycles. The highest BCUT2D eigenvalue weighted by Crippen LogP contribution is 2.39. The average Bonchev–Trinajstić information content (AvgIpc) is 3.18. The lowest BCUT2D eigenvalue weighted by Gasteiger charge is -2.14. The Morgan fingerprint density at radius 3 is 1.44 bits per heavy atom. The molecule has 0 saturated carbocycles. The highest BCUT2D eigenvalue weighted by molar-refractivity contribution is 6.17. The van der Waals surface area contributed by atoms with Gasteiger partial charge in [0.15, 0.2) is 5.82 Å². The summed E-state index contributed by atoms with van der Waals surface area (Å²) in [4.78, 5) is 15.4. The molecule has 0 atom stereocenters. The Bertz CT molecular complexity index is 2580. The lowest BCUT2D eigenvalue weighted by molar-refractivity contribution is 1.23. The van der Waals surface area contributed by atoms with Gasteiger partial charge in [0.1, 0.15) is 0 Å². The predicted molar refractivity (Wildman–Crippen MR) is 200 cm³/mol. The van der Waals surface area contributed by atoms with Crippen molar-refractivity contribution < 1.29 is 0 Å². The van der Waals surface area contributed by atoms with Gasteiger partial charge in [0.25, 0.3) is 0 Å². The summed E-state index contributed by atoms with van der Waals surface area (Å²) in [5.74, 6) is 0.699. The summed E-state index contributed by atoms with van der Waals surface area (Å²) < 4.78 is 0. The van der Waals surface area contributed by atoms with Gasteiger partial charge >= 0.3 is 0 Å². The van der Waals surface area contributed by atoms with Gasteiger partial charge in [-0.25, -0.2) is 15.0 Å². The Hall–Kier alpha value is -6.45. The Morgan fingerprint density at radius 1 is 0.271 bits per heavy atom. The maximum atomic E-state index is 5.20. The van der Waals surface area contributed by atoms with Gasteiger partial charge in [0, 0.05) is 38.2 Å². The number of pyridine rings is 1. The Balaban J connectivity index is 1.15. The molecule has 0 aliphatic rings. The minimum Gasteiger partial charge on any atom is -0.247 e. The van der Waals surface area contributed by atoms with Gasteiger partial charge in [-0.1, -0.05) is 164 Å². The van der Waals surface area contributed by atoms with E-state index in [1.807, 2.05) is 18.2 Å². The van der Waals surface area contributed by atoms with Gasteiger partial charge in [-0.2, -0.15) is 0 Å². The van der Waals surface area contributed by atoms with Gasteiger partial charge in [-0.3, -0.25) is 0 Å². The number of nitrogens with zero attached hydrogens (tertiary/aromatic N) is 3. The van der Waals surface area contributed by atoms with Crippen LogP contribution in [0.15, 0.2) is 176 Å². The summed E-state index contributed by atoms with van der Waals surface area (Å²) in [5, 5.41) is 4.53. The van der Waals surface area contributed by atoms with Crippen molar-refractivity contribution in [2.24, 2.45) is 0 Å². The first-order chi connectivity index (χ1) is 23.8. The van der Waals surface area contributed by atoms with E-state index < -0.39 is 0 Å². The molecular formula is C45H29N3. The number of hydrogen-bond donors (Lipinski definition) is 0. The quantitative estimate of drug-likeness (QED) is 0.182. The van der Waals surface area contributed by atoms with E-state index in [1.165, 1.54) is 27.6 Å². The second-order valence-electron chi connectivity index (χ2n) is 12.0. The lowest BCUT2D eigenvalue weighted by Crippen LogP contribution is -1.96. The van der Waals surface area contributed by atoms with E-state index >= 15 is 0 Å². The standard InChI is InChI=1S/C45H29N3/c1-3-12-30(13-4-1)31-22-24-33(25-23-31)43-38-17-8-10-21-41(38)47-45(48-43)35-28-26-34(27-29-35)44-39-19-11-18-36(32-14-5-2-6-15-32)42(39)37-16-7-9-20-40(37)46-44/h1-29H. The molecule has 0 amide bonds. The van der Waals surface area contributed by atoms with Crippen LogP contribution in [0, 0.1) is 0 Å². The van der Waals surface area contributed by atoms with Crippen molar-refractivity contribution in [1.82, 2.24) is 15.0 Å². The zero-order valence-corrected chi connectivity index (χ0v) is 26.1. The highest BCUT2D eigenvalue weighted by Gasteiger charge is 2.16. The normalized spacial score (nSPS) is 11.3. The van der Waals surface area contributed by atoms with Crippen molar-refractivity contribution in [2.75, 3.05) is 0 Å². The van der Waals surface area contributed by atoms with Gasteiger partial charge in [0.2, 0.25) is 0 Å². The fourth-order valence-corrected chi connectivity index (χ4v) is 6.74. The first-order valence-electron chi connectivity index (χ1n) is 16.2. The summed E-state index contributed by atoms with van der Waals surface area (Å²) in [7, 11) is 0. The molecule has 48 heavy (non-hydrogen) atoms. The van der Waals surface area contributed by atoms with Crippen molar-refractivity contribution in [1.29, 1.82) is 0 Å². The predicted octanol–water partition coefficient (Wildman–Crippen LogP) is 11.7. The van der Waals surface area contributed by atoms with E-state index in [9.17, 15) is 0 Å². The van der Waals surface area contributed by atoms with Crippen molar-refractivity contribution in [2.45, 2.75) is 0 Å².